The average Bonchev–Trinajstić information content (AvgIpc) is 2.56. The molecule has 2 amide bonds. The quantitative estimate of drug-likeness (QED) is 0.338. The van der Waals surface area contributed by atoms with E-state index in [9.17, 15) is 32.9 Å². The Bertz CT molecular complexity index is 748. The number of anilines is 1. The van der Waals surface area contributed by atoms with Crippen LogP contribution in [0.25, 0.3) is 0 Å². The molecule has 0 fully saturated rings. The summed E-state index contributed by atoms with van der Waals surface area (Å²) in [6.45, 7) is 5.38. The number of amides is 2. The topological polar surface area (TPSA) is 123 Å². The van der Waals surface area contributed by atoms with Crippen molar-refractivity contribution in [2.45, 2.75) is 39.0 Å². The number of nitro benzene ring substituents is 1. The van der Waals surface area contributed by atoms with E-state index in [2.05, 4.69) is 16.0 Å². The number of nitrogens with zero attached hydrogens (tertiary/aromatic N) is 1. The number of carbonyl (C=O) groups is 2. The van der Waals surface area contributed by atoms with Crippen molar-refractivity contribution >= 4 is 23.4 Å². The molecule has 29 heavy (non-hydrogen) atoms. The molecule has 0 aliphatic carbocycles. The summed E-state index contributed by atoms with van der Waals surface area (Å²) in [7, 11) is 0. The van der Waals surface area contributed by atoms with Gasteiger partial charge in [-0.05, 0) is 32.9 Å². The maximum absolute atomic E-state index is 12.7. The molecule has 0 radical (unpaired) electrons. The fraction of sp³-hybridized carbons (Fsp3) is 0.529. The molecule has 0 unspecified atom stereocenters. The number of halogens is 3. The van der Waals surface area contributed by atoms with Crippen molar-refractivity contribution in [3.05, 3.63) is 33.9 Å². The number of alkyl carbamates (subject to hydrolysis) is 1. The molecule has 12 heteroatoms. The van der Waals surface area contributed by atoms with Gasteiger partial charge < -0.3 is 20.7 Å². The standard InChI is InChI=1S/C17H23F3N4O5/c1-16(2,3)29-15(26)23-9-8-22-14(25)6-7-21-12-5-4-11(17(18,19)20)10-13(12)24(27)28/h4-5,10,21H,6-9H2,1-3H3,(H,22,25)(H,23,26). The Hall–Kier alpha value is -3.05. The number of alkyl halides is 3. The lowest BCUT2D eigenvalue weighted by atomic mass is 10.1. The summed E-state index contributed by atoms with van der Waals surface area (Å²) >= 11 is 0. The van der Waals surface area contributed by atoms with E-state index in [0.29, 0.717) is 6.07 Å². The largest absolute Gasteiger partial charge is 0.444 e. The van der Waals surface area contributed by atoms with Crippen molar-refractivity contribution < 1.29 is 32.4 Å². The van der Waals surface area contributed by atoms with Gasteiger partial charge in [-0.1, -0.05) is 0 Å². The van der Waals surface area contributed by atoms with Crippen molar-refractivity contribution in [1.82, 2.24) is 10.6 Å². The molecule has 1 aromatic carbocycles. The first-order valence-corrected chi connectivity index (χ1v) is 8.62. The van der Waals surface area contributed by atoms with Crippen molar-refractivity contribution in [3.8, 4) is 0 Å². The molecule has 0 aromatic heterocycles. The Morgan fingerprint density at radius 3 is 2.28 bits per heavy atom. The first-order valence-electron chi connectivity index (χ1n) is 8.62. The minimum Gasteiger partial charge on any atom is -0.444 e. The van der Waals surface area contributed by atoms with Crippen molar-refractivity contribution in [2.75, 3.05) is 25.0 Å². The van der Waals surface area contributed by atoms with E-state index in [1.807, 2.05) is 0 Å². The van der Waals surface area contributed by atoms with E-state index in [4.69, 9.17) is 4.74 Å². The molecule has 0 heterocycles. The first-order chi connectivity index (χ1) is 13.3. The van der Waals surface area contributed by atoms with Crippen LogP contribution in [0.4, 0.5) is 29.3 Å². The summed E-state index contributed by atoms with van der Waals surface area (Å²) in [5.74, 6) is -0.405. The van der Waals surface area contributed by atoms with Gasteiger partial charge in [-0.3, -0.25) is 14.9 Å². The number of nitro groups is 1. The van der Waals surface area contributed by atoms with E-state index in [-0.39, 0.29) is 31.7 Å². The normalized spacial score (nSPS) is 11.5. The van der Waals surface area contributed by atoms with Crippen LogP contribution >= 0.6 is 0 Å². The van der Waals surface area contributed by atoms with E-state index >= 15 is 0 Å². The van der Waals surface area contributed by atoms with E-state index < -0.39 is 40.0 Å². The molecule has 0 aliphatic heterocycles. The maximum atomic E-state index is 12.7. The minimum atomic E-state index is -4.70. The van der Waals surface area contributed by atoms with Gasteiger partial charge in [0.15, 0.2) is 0 Å². The lowest BCUT2D eigenvalue weighted by molar-refractivity contribution is -0.384. The monoisotopic (exact) mass is 420 g/mol. The van der Waals surface area contributed by atoms with E-state index in [0.717, 1.165) is 12.1 Å². The molecular weight excluding hydrogens is 397 g/mol. The third-order valence-electron chi connectivity index (χ3n) is 3.30. The van der Waals surface area contributed by atoms with Crippen molar-refractivity contribution in [2.24, 2.45) is 0 Å². The Labute approximate surface area is 165 Å². The molecular formula is C17H23F3N4O5. The number of nitrogens with one attached hydrogen (secondary N) is 3. The summed E-state index contributed by atoms with van der Waals surface area (Å²) in [6, 6.07) is 2.10. The van der Waals surface area contributed by atoms with Crippen LogP contribution in [0.1, 0.15) is 32.8 Å². The molecule has 0 bridgehead atoms. The maximum Gasteiger partial charge on any atom is 0.416 e. The number of rotatable bonds is 8. The number of benzene rings is 1. The molecule has 0 aliphatic rings. The Morgan fingerprint density at radius 2 is 1.72 bits per heavy atom. The molecule has 0 atom stereocenters. The zero-order valence-corrected chi connectivity index (χ0v) is 16.2. The van der Waals surface area contributed by atoms with Gasteiger partial charge >= 0.3 is 12.3 Å². The molecule has 0 saturated heterocycles. The SMILES string of the molecule is CC(C)(C)OC(=O)NCCNC(=O)CCNc1ccc(C(F)(F)F)cc1[N+](=O)[O-]. The minimum absolute atomic E-state index is 0.0302. The van der Waals surface area contributed by atoms with Crippen LogP contribution in [0.2, 0.25) is 0 Å². The predicted molar refractivity (Wildman–Crippen MR) is 98.5 cm³/mol. The number of hydrogen-bond acceptors (Lipinski definition) is 6. The van der Waals surface area contributed by atoms with Gasteiger partial charge in [0.25, 0.3) is 5.69 Å². The summed E-state index contributed by atoms with van der Waals surface area (Å²) in [6.07, 6.45) is -5.40. The van der Waals surface area contributed by atoms with Gasteiger partial charge in [-0.2, -0.15) is 13.2 Å². The van der Waals surface area contributed by atoms with Gasteiger partial charge in [-0.15, -0.1) is 0 Å². The highest BCUT2D eigenvalue weighted by molar-refractivity contribution is 5.76. The second-order valence-corrected chi connectivity index (χ2v) is 6.94. The predicted octanol–water partition coefficient (Wildman–Crippen LogP) is 3.06. The highest BCUT2D eigenvalue weighted by Gasteiger charge is 2.33. The average molecular weight is 420 g/mol. The number of ether oxygens (including phenoxy) is 1. The molecule has 0 spiro atoms. The summed E-state index contributed by atoms with van der Waals surface area (Å²) < 4.78 is 43.0. The second-order valence-electron chi connectivity index (χ2n) is 6.94. The number of carbonyl (C=O) groups excluding carboxylic acids is 2. The Morgan fingerprint density at radius 1 is 1.10 bits per heavy atom. The van der Waals surface area contributed by atoms with Crippen LogP contribution in [0.5, 0.6) is 0 Å². The van der Waals surface area contributed by atoms with Gasteiger partial charge in [0.05, 0.1) is 10.5 Å². The Balaban J connectivity index is 2.42. The lowest BCUT2D eigenvalue weighted by Gasteiger charge is -2.19. The molecule has 1 aromatic rings. The Kier molecular flexibility index (Phi) is 8.22. The third-order valence-corrected chi connectivity index (χ3v) is 3.30. The van der Waals surface area contributed by atoms with Crippen molar-refractivity contribution in [3.63, 3.8) is 0 Å². The highest BCUT2D eigenvalue weighted by atomic mass is 19.4. The fourth-order valence-electron chi connectivity index (χ4n) is 2.09. The molecule has 162 valence electrons. The van der Waals surface area contributed by atoms with Gasteiger partial charge in [0.1, 0.15) is 11.3 Å². The molecule has 3 N–H and O–H groups in total. The summed E-state index contributed by atoms with van der Waals surface area (Å²) in [4.78, 5) is 33.2. The zero-order chi connectivity index (χ0) is 22.2. The van der Waals surface area contributed by atoms with Crippen LogP contribution in [-0.4, -0.2) is 42.2 Å². The van der Waals surface area contributed by atoms with Gasteiger partial charge in [-0.25, -0.2) is 4.79 Å². The van der Waals surface area contributed by atoms with E-state index in [1.54, 1.807) is 20.8 Å². The first kappa shape index (κ1) is 24.0. The molecule has 1 rings (SSSR count). The summed E-state index contributed by atoms with van der Waals surface area (Å²) in [5.41, 5.74) is -2.63. The molecule has 0 saturated carbocycles. The van der Waals surface area contributed by atoms with Crippen LogP contribution < -0.4 is 16.0 Å². The second kappa shape index (κ2) is 9.94. The van der Waals surface area contributed by atoms with Crippen LogP contribution in [0, 0.1) is 10.1 Å². The van der Waals surface area contributed by atoms with Crippen LogP contribution in [-0.2, 0) is 15.7 Å². The molecule has 9 nitrogen and oxygen atoms in total. The fourth-order valence-corrected chi connectivity index (χ4v) is 2.09. The smallest absolute Gasteiger partial charge is 0.416 e. The van der Waals surface area contributed by atoms with E-state index in [1.165, 1.54) is 0 Å². The summed E-state index contributed by atoms with van der Waals surface area (Å²) in [5, 5.41) is 18.5. The lowest BCUT2D eigenvalue weighted by Crippen LogP contribution is -2.38. The highest BCUT2D eigenvalue weighted by Crippen LogP contribution is 2.34. The van der Waals surface area contributed by atoms with Crippen LogP contribution in [0.15, 0.2) is 18.2 Å². The van der Waals surface area contributed by atoms with Gasteiger partial charge in [0.2, 0.25) is 5.91 Å². The zero-order valence-electron chi connectivity index (χ0n) is 16.2. The third kappa shape index (κ3) is 9.12. The van der Waals surface area contributed by atoms with Crippen LogP contribution in [0.3, 0.4) is 0 Å². The van der Waals surface area contributed by atoms with Crippen molar-refractivity contribution in [1.29, 1.82) is 0 Å². The number of hydrogen-bond donors (Lipinski definition) is 3. The van der Waals surface area contributed by atoms with Gasteiger partial charge in [0, 0.05) is 32.1 Å².